The molecule has 1 saturated heterocycles. The highest BCUT2D eigenvalue weighted by Gasteiger charge is 2.19. The topological polar surface area (TPSA) is 44.8 Å². The van der Waals surface area contributed by atoms with Crippen LogP contribution in [0.15, 0.2) is 36.4 Å². The van der Waals surface area contributed by atoms with Crippen LogP contribution in [-0.4, -0.2) is 50.1 Å². The molecule has 2 aromatic rings. The van der Waals surface area contributed by atoms with Gasteiger partial charge in [-0.3, -0.25) is 9.69 Å². The van der Waals surface area contributed by atoms with Gasteiger partial charge in [-0.25, -0.2) is 4.39 Å². The highest BCUT2D eigenvalue weighted by molar-refractivity contribution is 5.94. The second-order valence-corrected chi connectivity index (χ2v) is 8.14. The van der Waals surface area contributed by atoms with E-state index in [9.17, 15) is 9.18 Å². The molecule has 1 fully saturated rings. The second-order valence-electron chi connectivity index (χ2n) is 8.14. The molecule has 0 atom stereocenters. The Morgan fingerprint density at radius 1 is 1.07 bits per heavy atom. The standard InChI is InChI=1S/C24H30FN3O2/c1-18-21(25)5-4-6-23(18)28-14-12-27(13-15-28)11-2-3-16-30-20-9-7-19-8-10-24(29)26-22(19)17-20/h4-7,9,17H,2-3,8,10-16H2,1H3,(H,26,29). The first-order chi connectivity index (χ1) is 14.6. The van der Waals surface area contributed by atoms with E-state index in [0.29, 0.717) is 13.0 Å². The Bertz CT molecular complexity index is 894. The Morgan fingerprint density at radius 2 is 1.90 bits per heavy atom. The third-order valence-corrected chi connectivity index (χ3v) is 6.07. The van der Waals surface area contributed by atoms with Gasteiger partial charge in [-0.05, 0) is 56.5 Å². The average Bonchev–Trinajstić information content (AvgIpc) is 2.76. The number of unbranched alkanes of at least 4 members (excludes halogenated alkanes) is 1. The molecule has 2 aliphatic rings. The zero-order chi connectivity index (χ0) is 20.9. The number of ether oxygens (including phenoxy) is 1. The number of carbonyl (C=O) groups excluding carboxylic acids is 1. The van der Waals surface area contributed by atoms with Crippen LogP contribution in [-0.2, 0) is 11.2 Å². The van der Waals surface area contributed by atoms with Crippen LogP contribution in [0.25, 0.3) is 0 Å². The van der Waals surface area contributed by atoms with E-state index < -0.39 is 0 Å². The Morgan fingerprint density at radius 3 is 2.73 bits per heavy atom. The van der Waals surface area contributed by atoms with Crippen molar-refractivity contribution < 1.29 is 13.9 Å². The summed E-state index contributed by atoms with van der Waals surface area (Å²) in [6, 6.07) is 11.3. The largest absolute Gasteiger partial charge is 0.494 e. The Balaban J connectivity index is 1.15. The Labute approximate surface area is 177 Å². The minimum absolute atomic E-state index is 0.0762. The molecule has 4 rings (SSSR count). The van der Waals surface area contributed by atoms with Gasteiger partial charge in [0.1, 0.15) is 11.6 Å². The van der Waals surface area contributed by atoms with Gasteiger partial charge in [0.05, 0.1) is 6.61 Å². The summed E-state index contributed by atoms with van der Waals surface area (Å²) in [6.45, 7) is 7.45. The molecule has 6 heteroatoms. The Kier molecular flexibility index (Phi) is 6.53. The molecular formula is C24H30FN3O2. The van der Waals surface area contributed by atoms with Crippen LogP contribution in [0.4, 0.5) is 15.8 Å². The van der Waals surface area contributed by atoms with Crippen LogP contribution < -0.4 is 15.0 Å². The van der Waals surface area contributed by atoms with Crippen molar-refractivity contribution in [2.75, 3.05) is 49.5 Å². The molecule has 0 aromatic heterocycles. The summed E-state index contributed by atoms with van der Waals surface area (Å²) in [4.78, 5) is 16.3. The molecule has 2 aromatic carbocycles. The first-order valence-electron chi connectivity index (χ1n) is 10.9. The summed E-state index contributed by atoms with van der Waals surface area (Å²) < 4.78 is 19.7. The van der Waals surface area contributed by atoms with E-state index in [0.717, 1.165) is 74.7 Å². The van der Waals surface area contributed by atoms with Gasteiger partial charge in [-0.15, -0.1) is 0 Å². The average molecular weight is 412 g/mol. The molecule has 5 nitrogen and oxygen atoms in total. The number of hydrogen-bond acceptors (Lipinski definition) is 4. The molecular weight excluding hydrogens is 381 g/mol. The lowest BCUT2D eigenvalue weighted by Crippen LogP contribution is -2.46. The minimum atomic E-state index is -0.128. The number of aryl methyl sites for hydroxylation is 1. The van der Waals surface area contributed by atoms with Crippen molar-refractivity contribution in [3.63, 3.8) is 0 Å². The number of carbonyl (C=O) groups is 1. The van der Waals surface area contributed by atoms with Crippen LogP contribution in [0.3, 0.4) is 0 Å². The van der Waals surface area contributed by atoms with E-state index in [1.165, 1.54) is 11.6 Å². The fraction of sp³-hybridized carbons (Fsp3) is 0.458. The highest BCUT2D eigenvalue weighted by Crippen LogP contribution is 2.27. The molecule has 1 N–H and O–H groups in total. The molecule has 2 heterocycles. The fourth-order valence-electron chi connectivity index (χ4n) is 4.22. The van der Waals surface area contributed by atoms with Crippen molar-refractivity contribution in [3.05, 3.63) is 53.3 Å². The molecule has 0 bridgehead atoms. The van der Waals surface area contributed by atoms with Crippen molar-refractivity contribution in [3.8, 4) is 5.75 Å². The predicted molar refractivity (Wildman–Crippen MR) is 118 cm³/mol. The van der Waals surface area contributed by atoms with Gasteiger partial charge >= 0.3 is 0 Å². The van der Waals surface area contributed by atoms with Crippen LogP contribution in [0.1, 0.15) is 30.4 Å². The number of benzene rings is 2. The summed E-state index contributed by atoms with van der Waals surface area (Å²) in [6.07, 6.45) is 3.43. The number of piperazine rings is 1. The highest BCUT2D eigenvalue weighted by atomic mass is 19.1. The summed E-state index contributed by atoms with van der Waals surface area (Å²) >= 11 is 0. The third-order valence-electron chi connectivity index (χ3n) is 6.07. The number of halogens is 1. The van der Waals surface area contributed by atoms with Crippen LogP contribution in [0.2, 0.25) is 0 Å². The van der Waals surface area contributed by atoms with E-state index >= 15 is 0 Å². The number of nitrogens with one attached hydrogen (secondary N) is 1. The lowest BCUT2D eigenvalue weighted by molar-refractivity contribution is -0.116. The van der Waals surface area contributed by atoms with Crippen LogP contribution in [0, 0.1) is 12.7 Å². The number of fused-ring (bicyclic) bond motifs is 1. The van der Waals surface area contributed by atoms with Gasteiger partial charge < -0.3 is 15.0 Å². The van der Waals surface area contributed by atoms with Gasteiger partial charge in [-0.2, -0.15) is 0 Å². The van der Waals surface area contributed by atoms with Gasteiger partial charge in [-0.1, -0.05) is 12.1 Å². The number of hydrogen-bond donors (Lipinski definition) is 1. The lowest BCUT2D eigenvalue weighted by atomic mass is 10.0. The Hall–Kier alpha value is -2.60. The predicted octanol–water partition coefficient (Wildman–Crippen LogP) is 4.00. The van der Waals surface area contributed by atoms with Gasteiger partial charge in [0.15, 0.2) is 0 Å². The summed E-state index contributed by atoms with van der Waals surface area (Å²) in [7, 11) is 0. The SMILES string of the molecule is Cc1c(F)cccc1N1CCN(CCCCOc2ccc3c(c2)NC(=O)CC3)CC1. The van der Waals surface area contributed by atoms with Gasteiger partial charge in [0.25, 0.3) is 0 Å². The zero-order valence-corrected chi connectivity index (χ0v) is 17.6. The molecule has 160 valence electrons. The van der Waals surface area contributed by atoms with Crippen molar-refractivity contribution in [1.29, 1.82) is 0 Å². The summed E-state index contributed by atoms with van der Waals surface area (Å²) in [5.41, 5.74) is 3.82. The maximum atomic E-state index is 13.8. The van der Waals surface area contributed by atoms with E-state index in [4.69, 9.17) is 4.74 Å². The smallest absolute Gasteiger partial charge is 0.224 e. The summed E-state index contributed by atoms with van der Waals surface area (Å²) in [5, 5.41) is 2.92. The number of rotatable bonds is 7. The molecule has 30 heavy (non-hydrogen) atoms. The van der Waals surface area contributed by atoms with Gasteiger partial charge in [0, 0.05) is 55.6 Å². The van der Waals surface area contributed by atoms with Crippen molar-refractivity contribution >= 4 is 17.3 Å². The number of anilines is 2. The molecule has 0 aliphatic carbocycles. The molecule has 0 saturated carbocycles. The molecule has 0 unspecified atom stereocenters. The zero-order valence-electron chi connectivity index (χ0n) is 17.6. The molecule has 2 aliphatic heterocycles. The van der Waals surface area contributed by atoms with Crippen LogP contribution >= 0.6 is 0 Å². The normalized spacial score (nSPS) is 16.9. The summed E-state index contributed by atoms with van der Waals surface area (Å²) in [5.74, 6) is 0.763. The minimum Gasteiger partial charge on any atom is -0.494 e. The first kappa shape index (κ1) is 20.7. The maximum Gasteiger partial charge on any atom is 0.224 e. The maximum absolute atomic E-state index is 13.8. The quantitative estimate of drug-likeness (QED) is 0.700. The molecule has 0 radical (unpaired) electrons. The van der Waals surface area contributed by atoms with Crippen LogP contribution in [0.5, 0.6) is 5.75 Å². The second kappa shape index (κ2) is 9.47. The number of amides is 1. The van der Waals surface area contributed by atoms with E-state index in [1.807, 2.05) is 31.2 Å². The molecule has 0 spiro atoms. The fourth-order valence-corrected chi connectivity index (χ4v) is 4.22. The molecule has 1 amide bonds. The van der Waals surface area contributed by atoms with Crippen molar-refractivity contribution in [2.24, 2.45) is 0 Å². The van der Waals surface area contributed by atoms with Crippen molar-refractivity contribution in [1.82, 2.24) is 4.90 Å². The van der Waals surface area contributed by atoms with E-state index in [2.05, 4.69) is 15.1 Å². The monoisotopic (exact) mass is 411 g/mol. The lowest BCUT2D eigenvalue weighted by Gasteiger charge is -2.36. The third kappa shape index (κ3) is 4.93. The number of nitrogens with zero attached hydrogens (tertiary/aromatic N) is 2. The van der Waals surface area contributed by atoms with E-state index in [-0.39, 0.29) is 11.7 Å². The van der Waals surface area contributed by atoms with Gasteiger partial charge in [0.2, 0.25) is 5.91 Å². The van der Waals surface area contributed by atoms with Crippen molar-refractivity contribution in [2.45, 2.75) is 32.6 Å². The first-order valence-corrected chi connectivity index (χ1v) is 10.9. The van der Waals surface area contributed by atoms with E-state index in [1.54, 1.807) is 6.07 Å².